The Morgan fingerprint density at radius 2 is 1.92 bits per heavy atom. The van der Waals surface area contributed by atoms with Crippen LogP contribution in [0.15, 0.2) is 60.9 Å². The molecule has 3 aromatic heterocycles. The van der Waals surface area contributed by atoms with Gasteiger partial charge in [-0.3, -0.25) is 14.7 Å². The molecule has 37 heavy (non-hydrogen) atoms. The number of nitrogens with one attached hydrogen (secondary N) is 1. The summed E-state index contributed by atoms with van der Waals surface area (Å²) in [5.41, 5.74) is 9.74. The molecule has 7 heteroatoms. The zero-order chi connectivity index (χ0) is 26.1. The maximum Gasteiger partial charge on any atom is 0.253 e. The fourth-order valence-corrected chi connectivity index (χ4v) is 5.09. The number of amides is 1. The van der Waals surface area contributed by atoms with Crippen LogP contribution in [-0.4, -0.2) is 64.5 Å². The Morgan fingerprint density at radius 1 is 1.08 bits per heavy atom. The summed E-state index contributed by atoms with van der Waals surface area (Å²) in [6.45, 7) is 4.83. The molecule has 1 aromatic carbocycles. The normalized spacial score (nSPS) is 14.0. The summed E-state index contributed by atoms with van der Waals surface area (Å²) in [5, 5.41) is 4.25. The van der Waals surface area contributed by atoms with Crippen molar-refractivity contribution in [2.24, 2.45) is 7.05 Å². The van der Waals surface area contributed by atoms with Gasteiger partial charge < -0.3 is 14.8 Å². The fraction of sp³-hybridized carbons (Fsp3) is 0.300. The highest BCUT2D eigenvalue weighted by Crippen LogP contribution is 2.31. The summed E-state index contributed by atoms with van der Waals surface area (Å²) in [6, 6.07) is 14.5. The third-order valence-corrected chi connectivity index (χ3v) is 7.26. The van der Waals surface area contributed by atoms with Crippen molar-refractivity contribution in [3.05, 3.63) is 83.3 Å². The summed E-state index contributed by atoms with van der Waals surface area (Å²) >= 11 is 0. The molecule has 0 radical (unpaired) electrons. The molecule has 4 heterocycles. The molecule has 1 N–H and O–H groups in total. The van der Waals surface area contributed by atoms with Crippen LogP contribution in [0.2, 0.25) is 0 Å². The highest BCUT2D eigenvalue weighted by Gasteiger charge is 2.19. The lowest BCUT2D eigenvalue weighted by Crippen LogP contribution is -2.29. The Bertz CT molecular complexity index is 1480. The molecule has 0 aliphatic carbocycles. The van der Waals surface area contributed by atoms with Gasteiger partial charge in [0.15, 0.2) is 0 Å². The molecular formula is C30H34N6O. The van der Waals surface area contributed by atoms with Crippen LogP contribution in [0.4, 0.5) is 5.69 Å². The second kappa shape index (κ2) is 10.2. The van der Waals surface area contributed by atoms with Crippen molar-refractivity contribution in [1.29, 1.82) is 0 Å². The molecule has 0 spiro atoms. The Kier molecular flexibility index (Phi) is 6.80. The number of aryl methyl sites for hydroxylation is 2. The molecule has 0 unspecified atom stereocenters. The molecule has 5 rings (SSSR count). The molecule has 0 fully saturated rings. The van der Waals surface area contributed by atoms with Gasteiger partial charge in [0.2, 0.25) is 0 Å². The topological polar surface area (TPSA) is 66.3 Å². The molecule has 0 atom stereocenters. The van der Waals surface area contributed by atoms with E-state index < -0.39 is 0 Å². The lowest BCUT2D eigenvalue weighted by molar-refractivity contribution is 0.0827. The van der Waals surface area contributed by atoms with Crippen molar-refractivity contribution in [2.75, 3.05) is 39.5 Å². The number of rotatable bonds is 6. The first-order chi connectivity index (χ1) is 17.9. The Balaban J connectivity index is 1.34. The molecule has 4 aromatic rings. The number of aromatic nitrogens is 3. The maximum absolute atomic E-state index is 12.3. The van der Waals surface area contributed by atoms with Gasteiger partial charge in [-0.05, 0) is 66.4 Å². The number of carbonyl (C=O) groups excluding carboxylic acids is 1. The van der Waals surface area contributed by atoms with Crippen molar-refractivity contribution in [1.82, 2.24) is 24.3 Å². The average Bonchev–Trinajstić information content (AvgIpc) is 3.23. The summed E-state index contributed by atoms with van der Waals surface area (Å²) in [4.78, 5) is 25.7. The van der Waals surface area contributed by atoms with Gasteiger partial charge in [0.25, 0.3) is 5.91 Å². The number of anilines is 1. The number of benzene rings is 1. The van der Waals surface area contributed by atoms with Crippen molar-refractivity contribution in [3.63, 3.8) is 0 Å². The predicted molar refractivity (Wildman–Crippen MR) is 151 cm³/mol. The molecule has 190 valence electrons. The number of hydrogen-bond donors (Lipinski definition) is 1. The maximum atomic E-state index is 12.3. The molecule has 0 saturated heterocycles. The Labute approximate surface area is 218 Å². The SMILES string of the molecule is CNc1ccc(-c2ccnc3c2cc(CN2CC=C(c4ccc(C(=O)N(C)C)cc4C)CC2)n3C)nc1. The third-order valence-electron chi connectivity index (χ3n) is 7.26. The average molecular weight is 495 g/mol. The first kappa shape index (κ1) is 24.7. The van der Waals surface area contributed by atoms with E-state index in [0.717, 1.165) is 65.2 Å². The van der Waals surface area contributed by atoms with Crippen LogP contribution in [0.5, 0.6) is 0 Å². The lowest BCUT2D eigenvalue weighted by atomic mass is 9.94. The van der Waals surface area contributed by atoms with Gasteiger partial charge in [-0.1, -0.05) is 12.1 Å². The smallest absolute Gasteiger partial charge is 0.253 e. The largest absolute Gasteiger partial charge is 0.387 e. The van der Waals surface area contributed by atoms with Crippen molar-refractivity contribution >= 4 is 28.2 Å². The van der Waals surface area contributed by atoms with Gasteiger partial charge in [0, 0.05) is 76.2 Å². The second-order valence-electron chi connectivity index (χ2n) is 9.92. The Hall–Kier alpha value is -3.97. The van der Waals surface area contributed by atoms with E-state index in [1.54, 1.807) is 19.0 Å². The van der Waals surface area contributed by atoms with Gasteiger partial charge in [-0.2, -0.15) is 0 Å². The van der Waals surface area contributed by atoms with Gasteiger partial charge >= 0.3 is 0 Å². The summed E-state index contributed by atoms with van der Waals surface area (Å²) in [5.74, 6) is 0.0387. The minimum Gasteiger partial charge on any atom is -0.387 e. The summed E-state index contributed by atoms with van der Waals surface area (Å²) in [7, 11) is 7.56. The minimum atomic E-state index is 0.0387. The zero-order valence-corrected chi connectivity index (χ0v) is 22.2. The predicted octanol–water partition coefficient (Wildman–Crippen LogP) is 4.98. The Morgan fingerprint density at radius 3 is 2.57 bits per heavy atom. The van der Waals surface area contributed by atoms with E-state index in [1.807, 2.05) is 43.7 Å². The molecule has 0 saturated carbocycles. The number of nitrogens with zero attached hydrogens (tertiary/aromatic N) is 5. The highest BCUT2D eigenvalue weighted by molar-refractivity contribution is 5.95. The van der Waals surface area contributed by atoms with Crippen LogP contribution in [-0.2, 0) is 13.6 Å². The van der Waals surface area contributed by atoms with Gasteiger partial charge in [0.1, 0.15) is 5.65 Å². The number of pyridine rings is 2. The van der Waals surface area contributed by atoms with Crippen LogP contribution in [0, 0.1) is 6.92 Å². The molecule has 1 amide bonds. The third kappa shape index (κ3) is 4.87. The van der Waals surface area contributed by atoms with E-state index in [4.69, 9.17) is 0 Å². The molecular weight excluding hydrogens is 460 g/mol. The van der Waals surface area contributed by atoms with E-state index >= 15 is 0 Å². The van der Waals surface area contributed by atoms with Crippen molar-refractivity contribution in [3.8, 4) is 11.3 Å². The number of carbonyl (C=O) groups is 1. The first-order valence-electron chi connectivity index (χ1n) is 12.7. The van der Waals surface area contributed by atoms with E-state index in [-0.39, 0.29) is 5.91 Å². The quantitative estimate of drug-likeness (QED) is 0.410. The second-order valence-corrected chi connectivity index (χ2v) is 9.92. The molecule has 1 aliphatic heterocycles. The monoisotopic (exact) mass is 494 g/mol. The van der Waals surface area contributed by atoms with Crippen LogP contribution in [0.1, 0.15) is 33.6 Å². The van der Waals surface area contributed by atoms with E-state index in [0.29, 0.717) is 0 Å². The van der Waals surface area contributed by atoms with Crippen molar-refractivity contribution < 1.29 is 4.79 Å². The van der Waals surface area contributed by atoms with Crippen LogP contribution in [0.3, 0.4) is 0 Å². The number of fused-ring (bicyclic) bond motifs is 1. The van der Waals surface area contributed by atoms with Crippen molar-refractivity contribution in [2.45, 2.75) is 19.9 Å². The van der Waals surface area contributed by atoms with Crippen LogP contribution < -0.4 is 5.32 Å². The van der Waals surface area contributed by atoms with Crippen LogP contribution in [0.25, 0.3) is 27.9 Å². The summed E-state index contributed by atoms with van der Waals surface area (Å²) in [6.07, 6.45) is 7.04. The standard InChI is InChI=1S/C30H34N6O/c1-20-16-22(30(37)34(3)4)6-8-25(20)21-11-14-36(15-12-21)19-24-17-27-26(10-13-32-29(27)35(24)5)28-9-7-23(31-2)18-33-28/h6-11,13,16-18,31H,12,14-15,19H2,1-5H3. The van der Waals surface area contributed by atoms with Crippen LogP contribution >= 0.6 is 0 Å². The van der Waals surface area contributed by atoms with Gasteiger partial charge in [-0.15, -0.1) is 0 Å². The highest BCUT2D eigenvalue weighted by atomic mass is 16.2. The molecule has 7 nitrogen and oxygen atoms in total. The van der Waals surface area contributed by atoms with E-state index in [1.165, 1.54) is 16.8 Å². The van der Waals surface area contributed by atoms with Gasteiger partial charge in [-0.25, -0.2) is 4.98 Å². The van der Waals surface area contributed by atoms with E-state index in [9.17, 15) is 4.79 Å². The minimum absolute atomic E-state index is 0.0387. The lowest BCUT2D eigenvalue weighted by Gasteiger charge is -2.27. The fourth-order valence-electron chi connectivity index (χ4n) is 5.09. The summed E-state index contributed by atoms with van der Waals surface area (Å²) < 4.78 is 2.20. The number of hydrogen-bond acceptors (Lipinski definition) is 5. The molecule has 1 aliphatic rings. The van der Waals surface area contributed by atoms with Gasteiger partial charge in [0.05, 0.1) is 17.6 Å². The molecule has 0 bridgehead atoms. The first-order valence-corrected chi connectivity index (χ1v) is 12.7. The zero-order valence-electron chi connectivity index (χ0n) is 22.2. The van der Waals surface area contributed by atoms with E-state index in [2.05, 4.69) is 63.0 Å².